The normalized spacial score (nSPS) is 16.5. The topological polar surface area (TPSA) is 179 Å². The molecular formula is C21H36N6O5S. The standard InChI is InChI=1S/C21H36N6O5S/c1-5-11(3)16(26-18(28)14(22)9-33)20(30)25-15(7-13-8-23-10-24-13)19(29)27-17(21(31)32)12(4)6-2/h8,10-12,14-17,33H,5-7,9,22H2,1-4H3,(H,23,24)(H,25,30)(H,26,28)(H,27,29)(H,31,32). The Morgan fingerprint density at radius 2 is 1.61 bits per heavy atom. The van der Waals surface area contributed by atoms with Crippen molar-refractivity contribution in [3.05, 3.63) is 18.2 Å². The number of hydrogen-bond acceptors (Lipinski definition) is 7. The smallest absolute Gasteiger partial charge is 0.326 e. The molecule has 7 N–H and O–H groups in total. The number of thiol groups is 1. The van der Waals surface area contributed by atoms with Gasteiger partial charge in [0.1, 0.15) is 18.1 Å². The quantitative estimate of drug-likeness (QED) is 0.179. The molecular weight excluding hydrogens is 448 g/mol. The van der Waals surface area contributed by atoms with Crippen LogP contribution in [0.25, 0.3) is 0 Å². The zero-order valence-corrected chi connectivity index (χ0v) is 20.4. The molecule has 0 aliphatic heterocycles. The average Bonchev–Trinajstić information content (AvgIpc) is 3.31. The summed E-state index contributed by atoms with van der Waals surface area (Å²) in [7, 11) is 0. The van der Waals surface area contributed by atoms with Crippen LogP contribution < -0.4 is 21.7 Å². The van der Waals surface area contributed by atoms with Crippen molar-refractivity contribution in [2.45, 2.75) is 71.1 Å². The molecule has 11 nitrogen and oxygen atoms in total. The SMILES string of the molecule is CCC(C)C(NC(=O)C(Cc1cnc[nH]1)NC(=O)C(NC(=O)C(N)CS)C(C)CC)C(=O)O. The highest BCUT2D eigenvalue weighted by Gasteiger charge is 2.33. The van der Waals surface area contributed by atoms with Crippen molar-refractivity contribution >= 4 is 36.3 Å². The fourth-order valence-electron chi connectivity index (χ4n) is 3.07. The Balaban J connectivity index is 3.11. The second-order valence-electron chi connectivity index (χ2n) is 8.21. The van der Waals surface area contributed by atoms with Gasteiger partial charge in [-0.05, 0) is 11.8 Å². The molecule has 0 aliphatic rings. The third-order valence-electron chi connectivity index (χ3n) is 5.72. The molecule has 1 aromatic rings. The second kappa shape index (κ2) is 13.8. The van der Waals surface area contributed by atoms with Gasteiger partial charge in [-0.25, -0.2) is 9.78 Å². The average molecular weight is 485 g/mol. The van der Waals surface area contributed by atoms with E-state index in [1.54, 1.807) is 13.8 Å². The number of nitrogens with zero attached hydrogens (tertiary/aromatic N) is 1. The van der Waals surface area contributed by atoms with Gasteiger partial charge in [0.15, 0.2) is 0 Å². The van der Waals surface area contributed by atoms with Gasteiger partial charge in [-0.15, -0.1) is 0 Å². The van der Waals surface area contributed by atoms with Gasteiger partial charge in [0.05, 0.1) is 12.4 Å². The van der Waals surface area contributed by atoms with E-state index in [1.165, 1.54) is 12.5 Å². The van der Waals surface area contributed by atoms with Gasteiger partial charge >= 0.3 is 5.97 Å². The number of carboxylic acids is 1. The minimum absolute atomic E-state index is 0.0573. The number of aromatic nitrogens is 2. The van der Waals surface area contributed by atoms with Crippen molar-refractivity contribution in [1.82, 2.24) is 25.9 Å². The number of aliphatic carboxylic acids is 1. The predicted octanol–water partition coefficient (Wildman–Crippen LogP) is -0.159. The van der Waals surface area contributed by atoms with Crippen LogP contribution >= 0.6 is 12.6 Å². The monoisotopic (exact) mass is 484 g/mol. The molecule has 186 valence electrons. The molecule has 1 aromatic heterocycles. The maximum atomic E-state index is 13.1. The number of hydrogen-bond donors (Lipinski definition) is 7. The van der Waals surface area contributed by atoms with Crippen molar-refractivity contribution in [2.75, 3.05) is 5.75 Å². The molecule has 3 amide bonds. The Morgan fingerprint density at radius 1 is 1.03 bits per heavy atom. The largest absolute Gasteiger partial charge is 0.480 e. The minimum atomic E-state index is -1.16. The highest BCUT2D eigenvalue weighted by atomic mass is 32.1. The first kappa shape index (κ1) is 28.4. The first-order chi connectivity index (χ1) is 15.5. The molecule has 0 aromatic carbocycles. The number of carbonyl (C=O) groups is 4. The Bertz CT molecular complexity index is 790. The number of carbonyl (C=O) groups excluding carboxylic acids is 3. The van der Waals surface area contributed by atoms with Gasteiger partial charge in [0.2, 0.25) is 17.7 Å². The lowest BCUT2D eigenvalue weighted by Gasteiger charge is -2.28. The van der Waals surface area contributed by atoms with Gasteiger partial charge in [-0.2, -0.15) is 12.6 Å². The third kappa shape index (κ3) is 8.69. The highest BCUT2D eigenvalue weighted by molar-refractivity contribution is 7.80. The summed E-state index contributed by atoms with van der Waals surface area (Å²) in [6, 6.07) is -4.02. The predicted molar refractivity (Wildman–Crippen MR) is 126 cm³/mol. The molecule has 33 heavy (non-hydrogen) atoms. The molecule has 0 radical (unpaired) electrons. The van der Waals surface area contributed by atoms with Crippen LogP contribution in [0.1, 0.15) is 46.2 Å². The minimum Gasteiger partial charge on any atom is -0.480 e. The number of imidazole rings is 1. The van der Waals surface area contributed by atoms with E-state index in [-0.39, 0.29) is 24.0 Å². The van der Waals surface area contributed by atoms with E-state index in [4.69, 9.17) is 5.73 Å². The number of amides is 3. The molecule has 0 fully saturated rings. The zero-order chi connectivity index (χ0) is 25.1. The molecule has 0 bridgehead atoms. The Morgan fingerprint density at radius 3 is 2.09 bits per heavy atom. The summed E-state index contributed by atoms with van der Waals surface area (Å²) in [6.45, 7) is 7.21. The zero-order valence-electron chi connectivity index (χ0n) is 19.5. The summed E-state index contributed by atoms with van der Waals surface area (Å²) in [4.78, 5) is 56.9. The first-order valence-electron chi connectivity index (χ1n) is 11.0. The molecule has 0 saturated heterocycles. The maximum Gasteiger partial charge on any atom is 0.326 e. The fourth-order valence-corrected chi connectivity index (χ4v) is 3.23. The number of carboxylic acid groups (broad SMARTS) is 1. The van der Waals surface area contributed by atoms with Crippen LogP contribution in [0.3, 0.4) is 0 Å². The maximum absolute atomic E-state index is 13.1. The van der Waals surface area contributed by atoms with Crippen LogP contribution in [0, 0.1) is 11.8 Å². The van der Waals surface area contributed by atoms with Crippen molar-refractivity contribution in [3.63, 3.8) is 0 Å². The summed E-state index contributed by atoms with van der Waals surface area (Å²) < 4.78 is 0. The molecule has 6 atom stereocenters. The van der Waals surface area contributed by atoms with Crippen molar-refractivity contribution < 1.29 is 24.3 Å². The number of nitrogens with one attached hydrogen (secondary N) is 4. The van der Waals surface area contributed by atoms with Crippen LogP contribution in [0.15, 0.2) is 12.5 Å². The lowest BCUT2D eigenvalue weighted by atomic mass is 9.96. The van der Waals surface area contributed by atoms with E-state index in [0.29, 0.717) is 18.5 Å². The molecule has 0 saturated carbocycles. The molecule has 6 unspecified atom stereocenters. The Hall–Kier alpha value is -2.60. The van der Waals surface area contributed by atoms with Crippen molar-refractivity contribution in [1.29, 1.82) is 0 Å². The Kier molecular flexibility index (Phi) is 11.9. The lowest BCUT2D eigenvalue weighted by molar-refractivity contribution is -0.143. The van der Waals surface area contributed by atoms with E-state index in [0.717, 1.165) is 0 Å². The summed E-state index contributed by atoms with van der Waals surface area (Å²) in [5, 5.41) is 17.4. The van der Waals surface area contributed by atoms with Crippen molar-refractivity contribution in [2.24, 2.45) is 17.6 Å². The van der Waals surface area contributed by atoms with Crippen LogP contribution in [0.4, 0.5) is 0 Å². The van der Waals surface area contributed by atoms with Gasteiger partial charge in [-0.3, -0.25) is 14.4 Å². The fraction of sp³-hybridized carbons (Fsp3) is 0.667. The van der Waals surface area contributed by atoms with Gasteiger partial charge in [0.25, 0.3) is 0 Å². The summed E-state index contributed by atoms with van der Waals surface area (Å²) in [6.07, 6.45) is 4.13. The summed E-state index contributed by atoms with van der Waals surface area (Å²) in [5.74, 6) is -3.35. The molecule has 1 rings (SSSR count). The van der Waals surface area contributed by atoms with E-state index >= 15 is 0 Å². The van der Waals surface area contributed by atoms with Crippen LogP contribution in [-0.4, -0.2) is 68.7 Å². The summed E-state index contributed by atoms with van der Waals surface area (Å²) >= 11 is 4.01. The number of aromatic amines is 1. The second-order valence-corrected chi connectivity index (χ2v) is 8.58. The van der Waals surface area contributed by atoms with E-state index in [1.807, 2.05) is 13.8 Å². The number of H-pyrrole nitrogens is 1. The van der Waals surface area contributed by atoms with Gasteiger partial charge in [-0.1, -0.05) is 40.5 Å². The first-order valence-corrected chi connectivity index (χ1v) is 11.7. The number of nitrogens with two attached hydrogens (primary N) is 1. The van der Waals surface area contributed by atoms with Gasteiger partial charge < -0.3 is 31.8 Å². The van der Waals surface area contributed by atoms with Gasteiger partial charge in [0, 0.05) is 24.1 Å². The van der Waals surface area contributed by atoms with Crippen molar-refractivity contribution in [3.8, 4) is 0 Å². The van der Waals surface area contributed by atoms with E-state index in [9.17, 15) is 24.3 Å². The van der Waals surface area contributed by atoms with Crippen LogP contribution in [-0.2, 0) is 25.6 Å². The Labute approximate surface area is 199 Å². The van der Waals surface area contributed by atoms with E-state index in [2.05, 4.69) is 38.5 Å². The highest BCUT2D eigenvalue weighted by Crippen LogP contribution is 2.11. The third-order valence-corrected chi connectivity index (χ3v) is 6.11. The molecule has 0 aliphatic carbocycles. The van der Waals surface area contributed by atoms with Crippen LogP contribution in [0.2, 0.25) is 0 Å². The van der Waals surface area contributed by atoms with E-state index < -0.39 is 47.9 Å². The molecule has 1 heterocycles. The molecule has 0 spiro atoms. The number of rotatable bonds is 14. The molecule has 12 heteroatoms. The summed E-state index contributed by atoms with van der Waals surface area (Å²) in [5.41, 5.74) is 6.30. The van der Waals surface area contributed by atoms with Crippen LogP contribution in [0.5, 0.6) is 0 Å². The lowest BCUT2D eigenvalue weighted by Crippen LogP contribution is -2.59.